The number of rotatable bonds is 5. The summed E-state index contributed by atoms with van der Waals surface area (Å²) in [6.45, 7) is 4.49. The Labute approximate surface area is 111 Å². The van der Waals surface area contributed by atoms with Crippen molar-refractivity contribution in [1.29, 1.82) is 0 Å². The molecule has 0 bridgehead atoms. The van der Waals surface area contributed by atoms with E-state index in [0.29, 0.717) is 18.1 Å². The average molecular weight is 262 g/mol. The first kappa shape index (κ1) is 12.9. The van der Waals surface area contributed by atoms with Gasteiger partial charge < -0.3 is 4.18 Å². The van der Waals surface area contributed by atoms with Crippen LogP contribution in [0.2, 0.25) is 0 Å². The van der Waals surface area contributed by atoms with Crippen LogP contribution in [0.4, 0.5) is 0 Å². The Kier molecular flexibility index (Phi) is 4.55. The molecular weight excluding hydrogens is 248 g/mol. The molecular formula is C13H14N2O2S. The molecule has 0 unspecified atom stereocenters. The van der Waals surface area contributed by atoms with E-state index in [4.69, 9.17) is 8.37 Å². The molecule has 0 fully saturated rings. The number of hydrogen-bond acceptors (Lipinski definition) is 5. The predicted octanol–water partition coefficient (Wildman–Crippen LogP) is 3.43. The van der Waals surface area contributed by atoms with E-state index in [2.05, 4.69) is 9.97 Å². The van der Waals surface area contributed by atoms with Crippen molar-refractivity contribution < 1.29 is 8.37 Å². The molecule has 2 aromatic heterocycles. The minimum atomic E-state index is 0.586. The van der Waals surface area contributed by atoms with Gasteiger partial charge in [-0.1, -0.05) is 6.07 Å². The Morgan fingerprint density at radius 1 is 1.22 bits per heavy atom. The fourth-order valence-electron chi connectivity index (χ4n) is 1.37. The lowest BCUT2D eigenvalue weighted by molar-refractivity contribution is 0.369. The summed E-state index contributed by atoms with van der Waals surface area (Å²) in [7, 11) is 0. The summed E-state index contributed by atoms with van der Waals surface area (Å²) in [4.78, 5) is 8.65. The van der Waals surface area contributed by atoms with Gasteiger partial charge in [0.05, 0.1) is 12.3 Å². The molecule has 0 aliphatic carbocycles. The standard InChI is InChI=1S/C13H14N2O2S/c1-3-16-18-17-12-5-4-8-14-13(12)11-7-6-10(2)9-15-11/h4-9H,3H2,1-2H3. The van der Waals surface area contributed by atoms with Gasteiger partial charge in [0.15, 0.2) is 5.75 Å². The van der Waals surface area contributed by atoms with E-state index in [-0.39, 0.29) is 0 Å². The highest BCUT2D eigenvalue weighted by Crippen LogP contribution is 2.28. The second-order valence-electron chi connectivity index (χ2n) is 3.63. The number of aromatic nitrogens is 2. The SMILES string of the molecule is CCOSOc1cccnc1-c1ccc(C)cn1. The monoisotopic (exact) mass is 262 g/mol. The van der Waals surface area contributed by atoms with Crippen LogP contribution in [0.25, 0.3) is 11.4 Å². The molecule has 2 aromatic rings. The highest BCUT2D eigenvalue weighted by molar-refractivity contribution is 7.90. The molecule has 0 saturated carbocycles. The molecule has 5 heteroatoms. The fourth-order valence-corrected chi connectivity index (χ4v) is 1.72. The first-order chi connectivity index (χ1) is 8.81. The molecule has 0 aliphatic rings. The molecule has 0 amide bonds. The topological polar surface area (TPSA) is 44.2 Å². The van der Waals surface area contributed by atoms with Crippen LogP contribution in [-0.2, 0) is 4.18 Å². The lowest BCUT2D eigenvalue weighted by Gasteiger charge is -2.07. The average Bonchev–Trinajstić information content (AvgIpc) is 2.41. The predicted molar refractivity (Wildman–Crippen MR) is 72.1 cm³/mol. The van der Waals surface area contributed by atoms with Gasteiger partial charge in [-0.25, -0.2) is 0 Å². The highest BCUT2D eigenvalue weighted by atomic mass is 32.2. The molecule has 0 spiro atoms. The Hall–Kier alpha value is -1.59. The molecule has 0 atom stereocenters. The zero-order chi connectivity index (χ0) is 12.8. The van der Waals surface area contributed by atoms with Crippen LogP contribution >= 0.6 is 12.3 Å². The van der Waals surface area contributed by atoms with Gasteiger partial charge in [-0.2, -0.15) is 0 Å². The van der Waals surface area contributed by atoms with E-state index in [1.165, 1.54) is 0 Å². The van der Waals surface area contributed by atoms with Crippen molar-refractivity contribution in [1.82, 2.24) is 9.97 Å². The minimum absolute atomic E-state index is 0.586. The quantitative estimate of drug-likeness (QED) is 0.610. The van der Waals surface area contributed by atoms with E-state index >= 15 is 0 Å². The summed E-state index contributed by atoms with van der Waals surface area (Å²) in [5, 5.41) is 0. The summed E-state index contributed by atoms with van der Waals surface area (Å²) in [6, 6.07) is 7.59. The molecule has 2 rings (SSSR count). The van der Waals surface area contributed by atoms with Gasteiger partial charge in [-0.05, 0) is 37.6 Å². The Bertz CT molecular complexity index is 503. The van der Waals surface area contributed by atoms with Gasteiger partial charge in [-0.3, -0.25) is 14.2 Å². The van der Waals surface area contributed by atoms with E-state index in [9.17, 15) is 0 Å². The lowest BCUT2D eigenvalue weighted by atomic mass is 10.2. The Morgan fingerprint density at radius 3 is 2.83 bits per heavy atom. The molecule has 0 radical (unpaired) electrons. The van der Waals surface area contributed by atoms with E-state index in [1.807, 2.05) is 44.3 Å². The Morgan fingerprint density at radius 2 is 2.11 bits per heavy atom. The summed E-state index contributed by atoms with van der Waals surface area (Å²) in [5.41, 5.74) is 2.61. The molecule has 94 valence electrons. The van der Waals surface area contributed by atoms with Crippen molar-refractivity contribution in [3.63, 3.8) is 0 Å². The van der Waals surface area contributed by atoms with Gasteiger partial charge in [0.1, 0.15) is 5.69 Å². The van der Waals surface area contributed by atoms with E-state index in [1.54, 1.807) is 6.20 Å². The van der Waals surface area contributed by atoms with Crippen LogP contribution in [-0.4, -0.2) is 16.6 Å². The van der Waals surface area contributed by atoms with E-state index < -0.39 is 0 Å². The molecule has 4 nitrogen and oxygen atoms in total. The lowest BCUT2D eigenvalue weighted by Crippen LogP contribution is -1.93. The van der Waals surface area contributed by atoms with Crippen LogP contribution in [0.1, 0.15) is 12.5 Å². The summed E-state index contributed by atoms with van der Waals surface area (Å²) in [6.07, 6.45) is 3.53. The first-order valence-electron chi connectivity index (χ1n) is 5.65. The highest BCUT2D eigenvalue weighted by Gasteiger charge is 2.09. The maximum Gasteiger partial charge on any atom is 0.225 e. The van der Waals surface area contributed by atoms with Gasteiger partial charge in [0, 0.05) is 12.4 Å². The second kappa shape index (κ2) is 6.37. The van der Waals surface area contributed by atoms with Gasteiger partial charge in [-0.15, -0.1) is 0 Å². The third kappa shape index (κ3) is 3.21. The zero-order valence-electron chi connectivity index (χ0n) is 10.3. The second-order valence-corrected chi connectivity index (χ2v) is 4.17. The maximum atomic E-state index is 5.45. The third-order valence-corrected chi connectivity index (χ3v) is 2.79. The smallest absolute Gasteiger partial charge is 0.225 e. The van der Waals surface area contributed by atoms with E-state index in [0.717, 1.165) is 23.6 Å². The van der Waals surface area contributed by atoms with Crippen LogP contribution < -0.4 is 4.18 Å². The van der Waals surface area contributed by atoms with Gasteiger partial charge in [0.2, 0.25) is 12.3 Å². The van der Waals surface area contributed by atoms with Crippen molar-refractivity contribution in [2.75, 3.05) is 6.61 Å². The molecule has 2 heterocycles. The third-order valence-electron chi connectivity index (χ3n) is 2.21. The van der Waals surface area contributed by atoms with Crippen LogP contribution in [0.3, 0.4) is 0 Å². The van der Waals surface area contributed by atoms with Gasteiger partial charge in [0.25, 0.3) is 0 Å². The maximum absolute atomic E-state index is 5.45. The normalized spacial score (nSPS) is 10.3. The molecule has 0 aliphatic heterocycles. The summed E-state index contributed by atoms with van der Waals surface area (Å²) < 4.78 is 10.5. The van der Waals surface area contributed by atoms with Gasteiger partial charge >= 0.3 is 0 Å². The number of hydrogen-bond donors (Lipinski definition) is 0. The minimum Gasteiger partial charge on any atom is -0.398 e. The van der Waals surface area contributed by atoms with Crippen molar-refractivity contribution in [2.45, 2.75) is 13.8 Å². The van der Waals surface area contributed by atoms with Crippen molar-refractivity contribution in [3.8, 4) is 17.1 Å². The van der Waals surface area contributed by atoms with Crippen molar-refractivity contribution in [2.24, 2.45) is 0 Å². The van der Waals surface area contributed by atoms with Crippen LogP contribution in [0.5, 0.6) is 5.75 Å². The summed E-state index contributed by atoms with van der Waals surface area (Å²) >= 11 is 0.951. The zero-order valence-corrected chi connectivity index (χ0v) is 11.1. The number of pyridine rings is 2. The largest absolute Gasteiger partial charge is 0.398 e. The Balaban J connectivity index is 2.23. The van der Waals surface area contributed by atoms with Crippen LogP contribution in [0, 0.1) is 6.92 Å². The van der Waals surface area contributed by atoms with Crippen LogP contribution in [0.15, 0.2) is 36.7 Å². The number of nitrogens with zero attached hydrogens (tertiary/aromatic N) is 2. The number of aryl methyl sites for hydroxylation is 1. The van der Waals surface area contributed by atoms with Crippen molar-refractivity contribution in [3.05, 3.63) is 42.2 Å². The molecule has 18 heavy (non-hydrogen) atoms. The van der Waals surface area contributed by atoms with Crippen molar-refractivity contribution >= 4 is 12.3 Å². The first-order valence-corrected chi connectivity index (χ1v) is 6.32. The molecule has 0 N–H and O–H groups in total. The molecule has 0 aromatic carbocycles. The molecule has 0 saturated heterocycles. The fraction of sp³-hybridized carbons (Fsp3) is 0.231. The summed E-state index contributed by atoms with van der Waals surface area (Å²) in [5.74, 6) is 0.646.